The molecule has 0 saturated carbocycles. The highest BCUT2D eigenvalue weighted by Gasteiger charge is 2.32. The van der Waals surface area contributed by atoms with Gasteiger partial charge in [-0.05, 0) is 24.6 Å². The second kappa shape index (κ2) is 10.4. The first-order valence-electron chi connectivity index (χ1n) is 8.99. The van der Waals surface area contributed by atoms with Crippen LogP contribution in [-0.2, 0) is 14.3 Å². The minimum atomic E-state index is -1.29. The molecule has 0 spiro atoms. The fraction of sp³-hybridized carbons (Fsp3) is 0.250. The Balaban J connectivity index is 2.39. The quantitative estimate of drug-likeness (QED) is 0.353. The van der Waals surface area contributed by atoms with Crippen LogP contribution in [0, 0.1) is 10.1 Å². The predicted octanol–water partition coefficient (Wildman–Crippen LogP) is 2.57. The molecular weight excluding hydrogens is 414 g/mol. The summed E-state index contributed by atoms with van der Waals surface area (Å²) in [6.45, 7) is 1.75. The van der Waals surface area contributed by atoms with Crippen LogP contribution >= 0.6 is 11.6 Å². The first kappa shape index (κ1) is 22.8. The molecule has 2 aromatic rings. The van der Waals surface area contributed by atoms with Gasteiger partial charge in [-0.25, -0.2) is 0 Å². The van der Waals surface area contributed by atoms with Gasteiger partial charge in [-0.15, -0.1) is 0 Å². The number of nitrogens with two attached hydrogens (primary N) is 1. The van der Waals surface area contributed by atoms with Crippen molar-refractivity contribution in [2.75, 3.05) is 6.61 Å². The van der Waals surface area contributed by atoms with Gasteiger partial charge in [0.25, 0.3) is 11.6 Å². The van der Waals surface area contributed by atoms with E-state index in [0.29, 0.717) is 5.56 Å². The molecule has 0 heterocycles. The average molecular weight is 434 g/mol. The van der Waals surface area contributed by atoms with Crippen LogP contribution in [-0.4, -0.2) is 35.4 Å². The third kappa shape index (κ3) is 5.77. The SMILES string of the molecule is CCOC(=O)C[C@@H](c1ccc([N+](=O)[O-])cc1)[C@H](NC(=O)c1ccccc1Cl)C(N)=O. The molecule has 2 aromatic carbocycles. The van der Waals surface area contributed by atoms with Crippen LogP contribution in [0.25, 0.3) is 0 Å². The van der Waals surface area contributed by atoms with Crippen molar-refractivity contribution in [1.82, 2.24) is 5.32 Å². The van der Waals surface area contributed by atoms with Gasteiger partial charge in [-0.1, -0.05) is 35.9 Å². The molecule has 2 rings (SSSR count). The average Bonchev–Trinajstić information content (AvgIpc) is 2.70. The number of hydrogen-bond donors (Lipinski definition) is 2. The molecule has 0 fully saturated rings. The molecule has 0 saturated heterocycles. The van der Waals surface area contributed by atoms with E-state index < -0.39 is 34.7 Å². The zero-order valence-corrected chi connectivity index (χ0v) is 16.8. The van der Waals surface area contributed by atoms with E-state index in [4.69, 9.17) is 22.1 Å². The van der Waals surface area contributed by atoms with Gasteiger partial charge < -0.3 is 15.8 Å². The molecule has 0 unspecified atom stereocenters. The minimum Gasteiger partial charge on any atom is -0.466 e. The van der Waals surface area contributed by atoms with Gasteiger partial charge in [0.2, 0.25) is 5.91 Å². The number of primary amides is 1. The van der Waals surface area contributed by atoms with Crippen LogP contribution in [0.5, 0.6) is 0 Å². The van der Waals surface area contributed by atoms with E-state index in [0.717, 1.165) is 0 Å². The third-order valence-corrected chi connectivity index (χ3v) is 4.67. The van der Waals surface area contributed by atoms with E-state index in [1.807, 2.05) is 0 Å². The number of esters is 1. The lowest BCUT2D eigenvalue weighted by Gasteiger charge is -2.25. The summed E-state index contributed by atoms with van der Waals surface area (Å²) in [6, 6.07) is 10.2. The number of ether oxygens (including phenoxy) is 1. The summed E-state index contributed by atoms with van der Waals surface area (Å²) in [4.78, 5) is 47.3. The maximum Gasteiger partial charge on any atom is 0.306 e. The number of nitrogens with zero attached hydrogens (tertiary/aromatic N) is 1. The Kier molecular flexibility index (Phi) is 7.88. The Morgan fingerprint density at radius 3 is 2.33 bits per heavy atom. The van der Waals surface area contributed by atoms with Crippen LogP contribution < -0.4 is 11.1 Å². The fourth-order valence-electron chi connectivity index (χ4n) is 2.91. The largest absolute Gasteiger partial charge is 0.466 e. The van der Waals surface area contributed by atoms with Gasteiger partial charge in [0.1, 0.15) is 6.04 Å². The molecule has 0 aliphatic rings. The topological polar surface area (TPSA) is 142 Å². The number of rotatable bonds is 9. The van der Waals surface area contributed by atoms with E-state index in [1.165, 1.54) is 36.4 Å². The molecule has 3 N–H and O–H groups in total. The Morgan fingerprint density at radius 2 is 1.80 bits per heavy atom. The van der Waals surface area contributed by atoms with Crippen molar-refractivity contribution in [3.63, 3.8) is 0 Å². The maximum absolute atomic E-state index is 12.7. The molecule has 158 valence electrons. The first-order valence-corrected chi connectivity index (χ1v) is 9.37. The summed E-state index contributed by atoms with van der Waals surface area (Å²) < 4.78 is 4.96. The normalized spacial score (nSPS) is 12.5. The number of hydrogen-bond acceptors (Lipinski definition) is 6. The van der Waals surface area contributed by atoms with Gasteiger partial charge in [0.05, 0.1) is 28.5 Å². The van der Waals surface area contributed by atoms with E-state index in [2.05, 4.69) is 5.32 Å². The van der Waals surface area contributed by atoms with Gasteiger partial charge >= 0.3 is 5.97 Å². The molecule has 0 aromatic heterocycles. The zero-order chi connectivity index (χ0) is 22.3. The number of amides is 2. The van der Waals surface area contributed by atoms with Crippen LogP contribution in [0.15, 0.2) is 48.5 Å². The summed E-state index contributed by atoms with van der Waals surface area (Å²) in [6.07, 6.45) is -0.276. The Morgan fingerprint density at radius 1 is 1.17 bits per heavy atom. The third-order valence-electron chi connectivity index (χ3n) is 4.34. The molecule has 2 atom stereocenters. The van der Waals surface area contributed by atoms with E-state index in [-0.39, 0.29) is 29.3 Å². The highest BCUT2D eigenvalue weighted by molar-refractivity contribution is 6.33. The van der Waals surface area contributed by atoms with Gasteiger partial charge in [-0.2, -0.15) is 0 Å². The predicted molar refractivity (Wildman–Crippen MR) is 109 cm³/mol. The van der Waals surface area contributed by atoms with Crippen molar-refractivity contribution in [2.24, 2.45) is 5.73 Å². The number of non-ortho nitro benzene ring substituents is 1. The molecule has 0 bridgehead atoms. The lowest BCUT2D eigenvalue weighted by molar-refractivity contribution is -0.384. The summed E-state index contributed by atoms with van der Waals surface area (Å²) in [5, 5.41) is 13.6. The van der Waals surface area contributed by atoms with E-state index >= 15 is 0 Å². The van der Waals surface area contributed by atoms with Crippen molar-refractivity contribution < 1.29 is 24.0 Å². The fourth-order valence-corrected chi connectivity index (χ4v) is 3.13. The number of nitrogens with one attached hydrogen (secondary N) is 1. The highest BCUT2D eigenvalue weighted by Crippen LogP contribution is 2.27. The van der Waals surface area contributed by atoms with Gasteiger partial charge in [-0.3, -0.25) is 24.5 Å². The van der Waals surface area contributed by atoms with Crippen molar-refractivity contribution in [1.29, 1.82) is 0 Å². The van der Waals surface area contributed by atoms with Crippen LogP contribution in [0.4, 0.5) is 5.69 Å². The van der Waals surface area contributed by atoms with Crippen molar-refractivity contribution >= 4 is 35.1 Å². The number of halogens is 1. The van der Waals surface area contributed by atoms with Crippen LogP contribution in [0.2, 0.25) is 5.02 Å². The van der Waals surface area contributed by atoms with Crippen molar-refractivity contribution in [3.05, 3.63) is 74.8 Å². The highest BCUT2D eigenvalue weighted by atomic mass is 35.5. The van der Waals surface area contributed by atoms with Crippen molar-refractivity contribution in [2.45, 2.75) is 25.3 Å². The number of carbonyl (C=O) groups is 3. The molecule has 9 nitrogen and oxygen atoms in total. The minimum absolute atomic E-state index is 0.124. The second-order valence-electron chi connectivity index (χ2n) is 6.30. The zero-order valence-electron chi connectivity index (χ0n) is 16.0. The molecule has 0 aliphatic carbocycles. The number of nitro groups is 1. The summed E-state index contributed by atoms with van der Waals surface area (Å²) in [7, 11) is 0. The summed E-state index contributed by atoms with van der Waals surface area (Å²) >= 11 is 6.04. The van der Waals surface area contributed by atoms with Crippen LogP contribution in [0.3, 0.4) is 0 Å². The first-order chi connectivity index (χ1) is 14.2. The molecule has 30 heavy (non-hydrogen) atoms. The smallest absolute Gasteiger partial charge is 0.306 e. The Bertz CT molecular complexity index is 948. The molecular formula is C20H20ClN3O6. The molecule has 0 radical (unpaired) electrons. The van der Waals surface area contributed by atoms with E-state index in [9.17, 15) is 24.5 Å². The van der Waals surface area contributed by atoms with Crippen LogP contribution in [0.1, 0.15) is 35.2 Å². The number of carbonyl (C=O) groups excluding carboxylic acids is 3. The standard InChI is InChI=1S/C20H20ClN3O6/c1-2-30-17(25)11-15(12-7-9-13(10-8-12)24(28)29)18(19(22)26)23-20(27)14-5-3-4-6-16(14)21/h3-10,15,18H,2,11H2,1H3,(H2,22,26)(H,23,27)/t15-,18-/m0/s1. The Hall–Kier alpha value is -3.46. The number of nitro benzene ring substituents is 1. The molecule has 10 heteroatoms. The lowest BCUT2D eigenvalue weighted by Crippen LogP contribution is -2.48. The molecule has 2 amide bonds. The van der Waals surface area contributed by atoms with Gasteiger partial charge in [0, 0.05) is 18.1 Å². The molecule has 0 aliphatic heterocycles. The van der Waals surface area contributed by atoms with Gasteiger partial charge in [0.15, 0.2) is 0 Å². The van der Waals surface area contributed by atoms with E-state index in [1.54, 1.807) is 19.1 Å². The summed E-state index contributed by atoms with van der Waals surface area (Å²) in [5.41, 5.74) is 5.89. The Labute approximate surface area is 177 Å². The number of benzene rings is 2. The van der Waals surface area contributed by atoms with Crippen molar-refractivity contribution in [3.8, 4) is 0 Å². The lowest BCUT2D eigenvalue weighted by atomic mass is 9.87. The maximum atomic E-state index is 12.7. The second-order valence-corrected chi connectivity index (χ2v) is 6.70. The summed E-state index contributed by atoms with van der Waals surface area (Å²) in [5.74, 6) is -3.06. The monoisotopic (exact) mass is 433 g/mol.